The summed E-state index contributed by atoms with van der Waals surface area (Å²) in [5, 5.41) is 10.8. The van der Waals surface area contributed by atoms with E-state index in [0.29, 0.717) is 5.56 Å². The fourth-order valence-corrected chi connectivity index (χ4v) is 1.68. The van der Waals surface area contributed by atoms with Gasteiger partial charge in [-0.3, -0.25) is 4.79 Å². The van der Waals surface area contributed by atoms with Gasteiger partial charge < -0.3 is 16.2 Å². The maximum Gasteiger partial charge on any atom is 0.416 e. The highest BCUT2D eigenvalue weighted by molar-refractivity contribution is 9.10. The lowest BCUT2D eigenvalue weighted by Crippen LogP contribution is -2.52. The first kappa shape index (κ1) is 16.9. The largest absolute Gasteiger partial charge is 0.416 e. The van der Waals surface area contributed by atoms with Crippen LogP contribution < -0.4 is 11.1 Å². The molecule has 1 amide bonds. The molecule has 2 unspecified atom stereocenters. The topological polar surface area (TPSA) is 75.4 Å². The van der Waals surface area contributed by atoms with Crippen molar-refractivity contribution in [3.8, 4) is 0 Å². The van der Waals surface area contributed by atoms with Gasteiger partial charge >= 0.3 is 6.18 Å². The van der Waals surface area contributed by atoms with Gasteiger partial charge in [-0.05, 0) is 24.6 Å². The number of amides is 1. The van der Waals surface area contributed by atoms with Crippen LogP contribution in [0.15, 0.2) is 28.7 Å². The number of hydrogen-bond acceptors (Lipinski definition) is 3. The highest BCUT2D eigenvalue weighted by Crippen LogP contribution is 2.22. The predicted octanol–water partition coefficient (Wildman–Crippen LogP) is 1.66. The van der Waals surface area contributed by atoms with Gasteiger partial charge in [-0.2, -0.15) is 13.2 Å². The van der Waals surface area contributed by atoms with Crippen molar-refractivity contribution >= 4 is 21.8 Å². The number of carbonyl (C=O) groups excluding carboxylic acids is 1. The van der Waals surface area contributed by atoms with Crippen LogP contribution in [-0.4, -0.2) is 29.8 Å². The summed E-state index contributed by atoms with van der Waals surface area (Å²) in [7, 11) is 0. The highest BCUT2D eigenvalue weighted by atomic mass is 79.9. The number of hydrogen-bond donors (Lipinski definition) is 3. The molecule has 0 saturated carbocycles. The molecule has 2 atom stereocenters. The third-order valence-electron chi connectivity index (χ3n) is 2.75. The summed E-state index contributed by atoms with van der Waals surface area (Å²) < 4.78 is 37.2. The van der Waals surface area contributed by atoms with E-state index in [-0.39, 0.29) is 0 Å². The van der Waals surface area contributed by atoms with Crippen LogP contribution in [-0.2, 0) is 10.3 Å². The van der Waals surface area contributed by atoms with Gasteiger partial charge in [0.05, 0.1) is 6.54 Å². The zero-order chi connectivity index (χ0) is 15.6. The maximum atomic E-state index is 12.1. The van der Waals surface area contributed by atoms with Gasteiger partial charge in [0.2, 0.25) is 5.91 Å². The standard InChI is InChI=1S/C12H14BrF3N2O2/c1-11(17,7-2-4-8(13)5-3-7)10(20)18-6-9(19)12(14,15)16/h2-5,9,19H,6,17H2,1H3,(H,18,20). The van der Waals surface area contributed by atoms with Crippen LogP contribution in [0.4, 0.5) is 13.2 Å². The zero-order valence-electron chi connectivity index (χ0n) is 10.5. The minimum atomic E-state index is -4.78. The second-order valence-corrected chi connectivity index (χ2v) is 5.39. The summed E-state index contributed by atoms with van der Waals surface area (Å²) in [5.41, 5.74) is 4.79. The second kappa shape index (κ2) is 6.11. The Bertz CT molecular complexity index is 475. The van der Waals surface area contributed by atoms with Crippen LogP contribution in [0.1, 0.15) is 12.5 Å². The molecule has 0 radical (unpaired) electrons. The Hall–Kier alpha value is -1.12. The number of halogens is 4. The molecule has 4 N–H and O–H groups in total. The summed E-state index contributed by atoms with van der Waals surface area (Å²) in [6.07, 6.45) is -7.40. The molecule has 1 rings (SSSR count). The van der Waals surface area contributed by atoms with Crippen LogP contribution in [0.25, 0.3) is 0 Å². The quantitative estimate of drug-likeness (QED) is 0.769. The number of carbonyl (C=O) groups is 1. The second-order valence-electron chi connectivity index (χ2n) is 4.48. The van der Waals surface area contributed by atoms with Crippen molar-refractivity contribution in [2.24, 2.45) is 5.73 Å². The lowest BCUT2D eigenvalue weighted by atomic mass is 9.92. The van der Waals surface area contributed by atoms with Crippen LogP contribution in [0.5, 0.6) is 0 Å². The Morgan fingerprint density at radius 3 is 2.35 bits per heavy atom. The summed E-state index contributed by atoms with van der Waals surface area (Å²) >= 11 is 3.22. The number of benzene rings is 1. The molecule has 0 saturated heterocycles. The fourth-order valence-electron chi connectivity index (χ4n) is 1.42. The van der Waals surface area contributed by atoms with Gasteiger partial charge in [-0.1, -0.05) is 28.1 Å². The molecular formula is C12H14BrF3N2O2. The Morgan fingerprint density at radius 2 is 1.90 bits per heavy atom. The number of nitrogens with one attached hydrogen (secondary N) is 1. The van der Waals surface area contributed by atoms with Crippen LogP contribution in [0.2, 0.25) is 0 Å². The first-order chi connectivity index (χ1) is 9.05. The van der Waals surface area contributed by atoms with Crippen molar-refractivity contribution in [1.29, 1.82) is 0 Å². The van der Waals surface area contributed by atoms with E-state index in [4.69, 9.17) is 10.8 Å². The molecule has 8 heteroatoms. The smallest absolute Gasteiger partial charge is 0.382 e. The van der Waals surface area contributed by atoms with E-state index < -0.39 is 30.3 Å². The van der Waals surface area contributed by atoms with E-state index in [0.717, 1.165) is 4.47 Å². The molecule has 0 aliphatic rings. The van der Waals surface area contributed by atoms with Crippen molar-refractivity contribution in [3.63, 3.8) is 0 Å². The molecule has 1 aromatic carbocycles. The van der Waals surface area contributed by atoms with Crippen molar-refractivity contribution in [1.82, 2.24) is 5.32 Å². The van der Waals surface area contributed by atoms with E-state index >= 15 is 0 Å². The summed E-state index contributed by atoms with van der Waals surface area (Å²) in [6, 6.07) is 6.50. The van der Waals surface area contributed by atoms with Gasteiger partial charge in [0.15, 0.2) is 6.10 Å². The normalized spacial score (nSPS) is 16.4. The molecule has 0 aliphatic carbocycles. The summed E-state index contributed by atoms with van der Waals surface area (Å²) in [4.78, 5) is 11.9. The molecule has 0 aromatic heterocycles. The van der Waals surface area contributed by atoms with Crippen LogP contribution >= 0.6 is 15.9 Å². The van der Waals surface area contributed by atoms with Gasteiger partial charge in [0.25, 0.3) is 0 Å². The minimum Gasteiger partial charge on any atom is -0.382 e. The summed E-state index contributed by atoms with van der Waals surface area (Å²) in [6.45, 7) is 0.442. The molecular weight excluding hydrogens is 341 g/mol. The van der Waals surface area contributed by atoms with Gasteiger partial charge in [0.1, 0.15) is 5.54 Å². The number of rotatable bonds is 4. The van der Waals surface area contributed by atoms with Crippen molar-refractivity contribution in [3.05, 3.63) is 34.3 Å². The average molecular weight is 355 g/mol. The fraction of sp³-hybridized carbons (Fsp3) is 0.417. The molecule has 0 fully saturated rings. The third kappa shape index (κ3) is 4.19. The minimum absolute atomic E-state index is 0.444. The van der Waals surface area contributed by atoms with Crippen molar-refractivity contribution in [2.45, 2.75) is 24.7 Å². The van der Waals surface area contributed by atoms with E-state index in [2.05, 4.69) is 15.9 Å². The van der Waals surface area contributed by atoms with Crippen LogP contribution in [0.3, 0.4) is 0 Å². The SMILES string of the molecule is CC(N)(C(=O)NCC(O)C(F)(F)F)c1ccc(Br)cc1. The summed E-state index contributed by atoms with van der Waals surface area (Å²) in [5.74, 6) is -0.803. The number of aliphatic hydroxyl groups is 1. The van der Waals surface area contributed by atoms with Crippen molar-refractivity contribution in [2.75, 3.05) is 6.54 Å². The molecule has 0 bridgehead atoms. The Balaban J connectivity index is 2.73. The maximum absolute atomic E-state index is 12.1. The molecule has 112 valence electrons. The first-order valence-corrected chi connectivity index (χ1v) is 6.42. The average Bonchev–Trinajstić information content (AvgIpc) is 2.34. The third-order valence-corrected chi connectivity index (χ3v) is 3.28. The lowest BCUT2D eigenvalue weighted by Gasteiger charge is -2.25. The van der Waals surface area contributed by atoms with Gasteiger partial charge in [-0.15, -0.1) is 0 Å². The monoisotopic (exact) mass is 354 g/mol. The Kier molecular flexibility index (Phi) is 5.17. The highest BCUT2D eigenvalue weighted by Gasteiger charge is 2.39. The van der Waals surface area contributed by atoms with E-state index in [1.54, 1.807) is 24.3 Å². The Morgan fingerprint density at radius 1 is 1.40 bits per heavy atom. The number of alkyl halides is 3. The Labute approximate surface area is 122 Å². The van der Waals surface area contributed by atoms with Gasteiger partial charge in [-0.25, -0.2) is 0 Å². The predicted molar refractivity (Wildman–Crippen MR) is 70.8 cm³/mol. The molecule has 0 aliphatic heterocycles. The van der Waals surface area contributed by atoms with E-state index in [1.807, 2.05) is 5.32 Å². The molecule has 20 heavy (non-hydrogen) atoms. The molecule has 1 aromatic rings. The van der Waals surface area contributed by atoms with Gasteiger partial charge in [0, 0.05) is 4.47 Å². The number of aliphatic hydroxyl groups excluding tert-OH is 1. The molecule has 0 spiro atoms. The number of nitrogens with two attached hydrogens (primary N) is 1. The zero-order valence-corrected chi connectivity index (χ0v) is 12.1. The van der Waals surface area contributed by atoms with Crippen molar-refractivity contribution < 1.29 is 23.1 Å². The van der Waals surface area contributed by atoms with E-state index in [9.17, 15) is 18.0 Å². The molecule has 4 nitrogen and oxygen atoms in total. The van der Waals surface area contributed by atoms with E-state index in [1.165, 1.54) is 6.92 Å². The lowest BCUT2D eigenvalue weighted by molar-refractivity contribution is -0.202. The molecule has 0 heterocycles. The first-order valence-electron chi connectivity index (χ1n) is 5.63. The van der Waals surface area contributed by atoms with Crippen LogP contribution in [0, 0.1) is 0 Å².